The third-order valence-corrected chi connectivity index (χ3v) is 6.96. The van der Waals surface area contributed by atoms with Gasteiger partial charge in [0.2, 0.25) is 6.79 Å². The van der Waals surface area contributed by atoms with Gasteiger partial charge in [0, 0.05) is 23.9 Å². The van der Waals surface area contributed by atoms with Gasteiger partial charge < -0.3 is 9.47 Å². The smallest absolute Gasteiger partial charge is 0.331 e. The van der Waals surface area contributed by atoms with E-state index in [-0.39, 0.29) is 29.2 Å². The fraction of sp³-hybridized carbons (Fsp3) is 0.200. The zero-order chi connectivity index (χ0) is 27.3. The Bertz CT molecular complexity index is 1730. The molecular formula is C30H27N4O5+. The number of aromatic nitrogens is 3. The number of hydrogen-bond donors (Lipinski definition) is 1. The Labute approximate surface area is 224 Å². The molecular weight excluding hydrogens is 496 g/mol. The normalized spacial score (nSPS) is 14.6. The summed E-state index contributed by atoms with van der Waals surface area (Å²) in [5.41, 5.74) is 3.59. The van der Waals surface area contributed by atoms with Gasteiger partial charge in [-0.15, -0.1) is 0 Å². The number of benzene rings is 2. The first-order valence-corrected chi connectivity index (χ1v) is 12.8. The van der Waals surface area contributed by atoms with Crippen LogP contribution in [0.3, 0.4) is 0 Å². The Kier molecular flexibility index (Phi) is 5.91. The highest BCUT2D eigenvalue weighted by atomic mass is 16.7. The molecule has 1 N–H and O–H groups in total. The van der Waals surface area contributed by atoms with Crippen molar-refractivity contribution in [1.29, 1.82) is 0 Å². The lowest BCUT2D eigenvalue weighted by Crippen LogP contribution is -2.39. The van der Waals surface area contributed by atoms with E-state index in [1.165, 1.54) is 4.68 Å². The number of carbonyl (C=O) groups excluding carboxylic acids is 2. The van der Waals surface area contributed by atoms with Gasteiger partial charge in [0.05, 0.1) is 16.9 Å². The summed E-state index contributed by atoms with van der Waals surface area (Å²) in [6, 6.07) is 16.1. The van der Waals surface area contributed by atoms with Gasteiger partial charge in [0.1, 0.15) is 5.57 Å². The molecule has 0 saturated carbocycles. The number of amides is 2. The van der Waals surface area contributed by atoms with Crippen LogP contribution in [0, 0.1) is 13.8 Å². The minimum Gasteiger partial charge on any atom is -0.454 e. The highest BCUT2D eigenvalue weighted by Gasteiger charge is 2.48. The molecule has 2 aliphatic heterocycles. The number of H-pyrrole nitrogens is 1. The van der Waals surface area contributed by atoms with Gasteiger partial charge in [-0.1, -0.05) is 37.1 Å². The third kappa shape index (κ3) is 3.94. The molecule has 2 amide bonds. The van der Waals surface area contributed by atoms with Crippen LogP contribution < -0.4 is 24.5 Å². The first-order valence-electron chi connectivity index (χ1n) is 12.8. The van der Waals surface area contributed by atoms with Crippen molar-refractivity contribution in [3.8, 4) is 17.2 Å². The van der Waals surface area contributed by atoms with Gasteiger partial charge in [0.25, 0.3) is 17.2 Å². The average molecular weight is 524 g/mol. The molecule has 9 heteroatoms. The Morgan fingerprint density at radius 1 is 0.923 bits per heavy atom. The minimum absolute atomic E-state index is 0.0575. The van der Waals surface area contributed by atoms with Gasteiger partial charge in [-0.2, -0.15) is 4.57 Å². The fourth-order valence-electron chi connectivity index (χ4n) is 5.19. The number of aryl methyl sites for hydroxylation is 3. The van der Waals surface area contributed by atoms with E-state index >= 15 is 0 Å². The number of ether oxygens (including phenoxy) is 2. The number of aromatic amines is 1. The second kappa shape index (κ2) is 9.43. The standard InChI is InChI=1S/C30H26N4O5/c1-4-8-21-25(29(36)34(31-21)22-11-9-18(2)15-19(22)3)26-27(32-13-6-5-7-14-32)30(37)33(28(26)35)20-10-12-23-24(16-20)39-17-38-23/h5-7,9-16H,4,8,17H2,1-3H3/p+1. The molecule has 2 aliphatic rings. The first kappa shape index (κ1) is 24.4. The van der Waals surface area contributed by atoms with Crippen molar-refractivity contribution < 1.29 is 23.6 Å². The van der Waals surface area contributed by atoms with E-state index in [0.717, 1.165) is 22.4 Å². The predicted molar refractivity (Wildman–Crippen MR) is 145 cm³/mol. The van der Waals surface area contributed by atoms with E-state index in [0.29, 0.717) is 35.0 Å². The lowest BCUT2D eigenvalue weighted by molar-refractivity contribution is -0.576. The summed E-state index contributed by atoms with van der Waals surface area (Å²) in [5.74, 6) is -0.130. The molecule has 0 aliphatic carbocycles. The Morgan fingerprint density at radius 3 is 2.44 bits per heavy atom. The van der Waals surface area contributed by atoms with Gasteiger partial charge in [0.15, 0.2) is 23.9 Å². The second-order valence-electron chi connectivity index (χ2n) is 9.64. The summed E-state index contributed by atoms with van der Waals surface area (Å²) in [6.07, 6.45) is 4.63. The SMILES string of the molecule is CCCc1[nH]n(-c2ccc(C)cc2C)c(=O)c1C1=C([n+]2ccccc2)C(=O)N(c2ccc3c(c2)OCO3)C1=O. The molecule has 0 spiro atoms. The predicted octanol–water partition coefficient (Wildman–Crippen LogP) is 3.69. The quantitative estimate of drug-likeness (QED) is 0.307. The fourth-order valence-corrected chi connectivity index (χ4v) is 5.19. The topological polar surface area (TPSA) is 97.5 Å². The zero-order valence-electron chi connectivity index (χ0n) is 21.9. The highest BCUT2D eigenvalue weighted by Crippen LogP contribution is 2.39. The number of fused-ring (bicyclic) bond motifs is 1. The number of pyridine rings is 1. The van der Waals surface area contributed by atoms with Crippen molar-refractivity contribution in [1.82, 2.24) is 9.78 Å². The molecule has 2 aromatic heterocycles. The zero-order valence-corrected chi connectivity index (χ0v) is 21.9. The summed E-state index contributed by atoms with van der Waals surface area (Å²) in [6.45, 7) is 5.99. The maximum absolute atomic E-state index is 14.2. The van der Waals surface area contributed by atoms with Gasteiger partial charge >= 0.3 is 5.91 Å². The Morgan fingerprint density at radius 2 is 1.69 bits per heavy atom. The van der Waals surface area contributed by atoms with Crippen molar-refractivity contribution in [3.05, 3.63) is 99.7 Å². The van der Waals surface area contributed by atoms with Crippen LogP contribution in [0.4, 0.5) is 5.69 Å². The lowest BCUT2D eigenvalue weighted by Gasteiger charge is -2.14. The van der Waals surface area contributed by atoms with E-state index in [1.54, 1.807) is 47.3 Å². The van der Waals surface area contributed by atoms with Gasteiger partial charge in [-0.05, 0) is 44.0 Å². The molecule has 4 heterocycles. The number of rotatable bonds is 6. The molecule has 0 saturated heterocycles. The van der Waals surface area contributed by atoms with Crippen LogP contribution in [0.25, 0.3) is 17.0 Å². The summed E-state index contributed by atoms with van der Waals surface area (Å²) < 4.78 is 13.9. The molecule has 0 unspecified atom stereocenters. The largest absolute Gasteiger partial charge is 0.454 e. The van der Waals surface area contributed by atoms with Crippen LogP contribution >= 0.6 is 0 Å². The molecule has 0 fully saturated rings. The lowest BCUT2D eigenvalue weighted by atomic mass is 10.0. The van der Waals surface area contributed by atoms with Crippen molar-refractivity contribution in [3.63, 3.8) is 0 Å². The Balaban J connectivity index is 1.58. The monoisotopic (exact) mass is 523 g/mol. The van der Waals surface area contributed by atoms with Crippen molar-refractivity contribution in [2.45, 2.75) is 33.6 Å². The van der Waals surface area contributed by atoms with E-state index in [2.05, 4.69) is 5.10 Å². The van der Waals surface area contributed by atoms with Crippen molar-refractivity contribution >= 4 is 28.8 Å². The van der Waals surface area contributed by atoms with Crippen LogP contribution in [0.2, 0.25) is 0 Å². The van der Waals surface area contributed by atoms with E-state index < -0.39 is 11.8 Å². The minimum atomic E-state index is -0.577. The molecule has 4 aromatic rings. The van der Waals surface area contributed by atoms with Crippen LogP contribution in [0.1, 0.15) is 35.7 Å². The maximum atomic E-state index is 14.2. The van der Waals surface area contributed by atoms with Gasteiger partial charge in [-0.25, -0.2) is 9.58 Å². The summed E-state index contributed by atoms with van der Waals surface area (Å²) >= 11 is 0. The number of nitrogens with one attached hydrogen (secondary N) is 1. The van der Waals surface area contributed by atoms with Crippen LogP contribution in [0.15, 0.2) is 71.8 Å². The number of nitrogens with zero attached hydrogens (tertiary/aromatic N) is 3. The molecule has 6 rings (SSSR count). The highest BCUT2D eigenvalue weighted by molar-refractivity contribution is 6.53. The number of imide groups is 1. The van der Waals surface area contributed by atoms with Crippen LogP contribution in [-0.4, -0.2) is 28.4 Å². The molecule has 9 nitrogen and oxygen atoms in total. The molecule has 2 aromatic carbocycles. The maximum Gasteiger partial charge on any atom is 0.331 e. The molecule has 196 valence electrons. The second-order valence-corrected chi connectivity index (χ2v) is 9.64. The van der Waals surface area contributed by atoms with Crippen molar-refractivity contribution in [2.24, 2.45) is 0 Å². The van der Waals surface area contributed by atoms with E-state index in [1.807, 2.05) is 45.0 Å². The van der Waals surface area contributed by atoms with Gasteiger partial charge in [-0.3, -0.25) is 19.5 Å². The molecule has 39 heavy (non-hydrogen) atoms. The number of anilines is 1. The summed E-state index contributed by atoms with van der Waals surface area (Å²) in [7, 11) is 0. The number of carbonyl (C=O) groups is 2. The van der Waals surface area contributed by atoms with Crippen LogP contribution in [0.5, 0.6) is 11.5 Å². The van der Waals surface area contributed by atoms with E-state index in [9.17, 15) is 14.4 Å². The first-order chi connectivity index (χ1) is 18.9. The third-order valence-electron chi connectivity index (χ3n) is 6.96. The Hall–Kier alpha value is -4.92. The van der Waals surface area contributed by atoms with Crippen molar-refractivity contribution in [2.75, 3.05) is 11.7 Å². The summed E-state index contributed by atoms with van der Waals surface area (Å²) in [5, 5.41) is 3.24. The summed E-state index contributed by atoms with van der Waals surface area (Å²) in [4.78, 5) is 43.3. The molecule has 0 radical (unpaired) electrons. The van der Waals surface area contributed by atoms with Crippen LogP contribution in [-0.2, 0) is 16.0 Å². The van der Waals surface area contributed by atoms with E-state index in [4.69, 9.17) is 9.47 Å². The molecule has 0 bridgehead atoms. The molecule has 0 atom stereocenters. The number of hydrogen-bond acceptors (Lipinski definition) is 5. The average Bonchev–Trinajstić information content (AvgIpc) is 3.58.